The number of ether oxygens (including phenoxy) is 12. The van der Waals surface area contributed by atoms with E-state index in [4.69, 9.17) is 56.8 Å². The fourth-order valence-electron chi connectivity index (χ4n) is 5.21. The average molecular weight is 607 g/mol. The Morgan fingerprint density at radius 1 is 0.738 bits per heavy atom. The van der Waals surface area contributed by atoms with Gasteiger partial charge in [0.25, 0.3) is 5.97 Å². The van der Waals surface area contributed by atoms with Crippen molar-refractivity contribution in [3.8, 4) is 0 Å². The number of esters is 4. The molecule has 0 spiro atoms. The van der Waals surface area contributed by atoms with Crippen molar-refractivity contribution in [3.05, 3.63) is 0 Å². The Kier molecular flexibility index (Phi) is 9.79. The van der Waals surface area contributed by atoms with Gasteiger partial charge < -0.3 is 52.1 Å². The molecule has 4 heterocycles. The molecule has 4 aliphatic rings. The minimum atomic E-state index is -1.56. The Balaban J connectivity index is 1.71. The lowest BCUT2D eigenvalue weighted by Crippen LogP contribution is -2.68. The summed E-state index contributed by atoms with van der Waals surface area (Å²) in [7, 11) is 1.35. The third-order valence-corrected chi connectivity index (χ3v) is 6.90. The van der Waals surface area contributed by atoms with Crippen LogP contribution in [0.3, 0.4) is 0 Å². The number of fused-ring (bicyclic) bond motifs is 2. The number of carbonyl (C=O) groups excluding carboxylic acids is 4. The van der Waals surface area contributed by atoms with Gasteiger partial charge in [0, 0.05) is 41.7 Å². The molecule has 16 heteroatoms. The Bertz CT molecular complexity index is 1030. The second-order valence-corrected chi connectivity index (χ2v) is 10.8. The van der Waals surface area contributed by atoms with Crippen molar-refractivity contribution in [1.29, 1.82) is 0 Å². The van der Waals surface area contributed by atoms with Crippen LogP contribution >= 0.6 is 0 Å². The largest absolute Gasteiger partial charge is 0.463 e. The summed E-state index contributed by atoms with van der Waals surface area (Å²) >= 11 is 0. The number of hydrogen-bond donors (Lipinski definition) is 0. The van der Waals surface area contributed by atoms with Gasteiger partial charge in [-0.05, 0) is 13.8 Å². The first-order valence-electron chi connectivity index (χ1n) is 13.5. The Labute approximate surface area is 242 Å². The molecule has 1 unspecified atom stereocenters. The number of carbonyl (C=O) groups is 4. The van der Waals surface area contributed by atoms with E-state index in [0.29, 0.717) is 0 Å². The summed E-state index contributed by atoms with van der Waals surface area (Å²) in [5.74, 6) is -5.33. The molecule has 0 saturated carbocycles. The van der Waals surface area contributed by atoms with Gasteiger partial charge >= 0.3 is 23.9 Å². The van der Waals surface area contributed by atoms with Gasteiger partial charge in [0.05, 0.1) is 6.61 Å². The lowest BCUT2D eigenvalue weighted by Gasteiger charge is -2.51. The first-order chi connectivity index (χ1) is 19.6. The van der Waals surface area contributed by atoms with E-state index >= 15 is 0 Å². The van der Waals surface area contributed by atoms with Crippen LogP contribution in [0, 0.1) is 0 Å². The zero-order chi connectivity index (χ0) is 31.0. The van der Waals surface area contributed by atoms with Crippen LogP contribution in [-0.2, 0) is 76.0 Å². The van der Waals surface area contributed by atoms with Crippen molar-refractivity contribution >= 4 is 23.9 Å². The highest BCUT2D eigenvalue weighted by atomic mass is 16.9. The fraction of sp³-hybridized carbons (Fsp3) is 0.846. The maximum Gasteiger partial charge on any atom is 0.303 e. The van der Waals surface area contributed by atoms with Gasteiger partial charge in [-0.15, -0.1) is 0 Å². The number of rotatable bonds is 8. The van der Waals surface area contributed by atoms with Crippen molar-refractivity contribution in [1.82, 2.24) is 0 Å². The molecule has 0 aromatic rings. The zero-order valence-corrected chi connectivity index (χ0v) is 24.7. The molecule has 4 rings (SSSR count). The molecule has 0 aliphatic carbocycles. The second-order valence-electron chi connectivity index (χ2n) is 10.8. The molecule has 0 amide bonds. The standard InChI is InChI=1S/C26H38O16/c1-11(27)32-9-15-17(19(34-12(2)28)22-24(38-15)42-26(7,31-8)41-22)39-23-21(36-14(4)30)20(35-13(3)29)18-16(37-23)10-33-25(5,6)40-18/h15-24H,9-10H2,1-8H3/t15-,16-,17+,18+,19+,20+,21-,22-,23+,24-,26?/m1/s1. The van der Waals surface area contributed by atoms with Gasteiger partial charge in [0.15, 0.2) is 42.8 Å². The monoisotopic (exact) mass is 606 g/mol. The lowest BCUT2D eigenvalue weighted by molar-refractivity contribution is -0.395. The first-order valence-corrected chi connectivity index (χ1v) is 13.5. The highest BCUT2D eigenvalue weighted by Gasteiger charge is 2.61. The quantitative estimate of drug-likeness (QED) is 0.267. The molecule has 238 valence electrons. The number of hydrogen-bond acceptors (Lipinski definition) is 16. The summed E-state index contributed by atoms with van der Waals surface area (Å²) in [4.78, 5) is 48.4. The molecular formula is C26H38O16. The molecule has 0 aromatic carbocycles. The first kappa shape index (κ1) is 32.5. The van der Waals surface area contributed by atoms with E-state index < -0.39 is 97.0 Å². The van der Waals surface area contributed by atoms with E-state index in [0.717, 1.165) is 6.92 Å². The Morgan fingerprint density at radius 3 is 1.90 bits per heavy atom. The Morgan fingerprint density at radius 2 is 1.33 bits per heavy atom. The van der Waals surface area contributed by atoms with Crippen molar-refractivity contribution in [2.45, 2.75) is 122 Å². The van der Waals surface area contributed by atoms with Crippen molar-refractivity contribution < 1.29 is 76.0 Å². The summed E-state index contributed by atoms with van der Waals surface area (Å²) in [5.41, 5.74) is 0. The molecule has 0 aromatic heterocycles. The summed E-state index contributed by atoms with van der Waals surface area (Å²) in [5, 5.41) is 0. The maximum absolute atomic E-state index is 12.3. The van der Waals surface area contributed by atoms with E-state index in [9.17, 15) is 19.2 Å². The molecule has 4 aliphatic heterocycles. The summed E-state index contributed by atoms with van der Waals surface area (Å²) < 4.78 is 69.3. The third-order valence-electron chi connectivity index (χ3n) is 6.90. The molecule has 4 saturated heterocycles. The van der Waals surface area contributed by atoms with E-state index in [1.54, 1.807) is 13.8 Å². The summed E-state index contributed by atoms with van der Waals surface area (Å²) in [6.45, 7) is 9.26. The van der Waals surface area contributed by atoms with Gasteiger partial charge in [0.1, 0.15) is 31.0 Å². The molecule has 42 heavy (non-hydrogen) atoms. The SMILES string of the molecule is COC1(C)O[C@H]2O[C@H](COC(C)=O)[C@H](O[C@@H]3O[C@@H]4COC(C)(C)O[C@@H]4[C@H](OC(C)=O)[C@H]3OC(C)=O)[C@H](OC(C)=O)[C@H]2O1. The predicted octanol–water partition coefficient (Wildman–Crippen LogP) is 0.0666. The van der Waals surface area contributed by atoms with Crippen molar-refractivity contribution in [2.24, 2.45) is 0 Å². The summed E-state index contributed by atoms with van der Waals surface area (Å²) in [6.07, 6.45) is -11.5. The smallest absolute Gasteiger partial charge is 0.303 e. The van der Waals surface area contributed by atoms with Crippen LogP contribution < -0.4 is 0 Å². The minimum absolute atomic E-state index is 0.0152. The topological polar surface area (TPSA) is 179 Å². The highest BCUT2D eigenvalue weighted by Crippen LogP contribution is 2.41. The van der Waals surface area contributed by atoms with Gasteiger partial charge in [-0.1, -0.05) is 0 Å². The fourth-order valence-corrected chi connectivity index (χ4v) is 5.21. The molecule has 16 nitrogen and oxygen atoms in total. The maximum atomic E-state index is 12.3. The molecule has 11 atom stereocenters. The highest BCUT2D eigenvalue weighted by molar-refractivity contribution is 5.68. The van der Waals surface area contributed by atoms with Crippen LogP contribution in [0.1, 0.15) is 48.5 Å². The second kappa shape index (κ2) is 12.7. The van der Waals surface area contributed by atoms with E-state index in [1.807, 2.05) is 0 Å². The summed E-state index contributed by atoms with van der Waals surface area (Å²) in [6, 6.07) is 0. The zero-order valence-electron chi connectivity index (χ0n) is 24.7. The molecule has 0 radical (unpaired) electrons. The van der Waals surface area contributed by atoms with Crippen LogP contribution in [0.4, 0.5) is 0 Å². The van der Waals surface area contributed by atoms with Crippen molar-refractivity contribution in [3.63, 3.8) is 0 Å². The van der Waals surface area contributed by atoms with Crippen LogP contribution in [0.25, 0.3) is 0 Å². The van der Waals surface area contributed by atoms with Gasteiger partial charge in [-0.3, -0.25) is 23.9 Å². The Hall–Kier alpha value is -2.44. The predicted molar refractivity (Wildman–Crippen MR) is 132 cm³/mol. The minimum Gasteiger partial charge on any atom is -0.463 e. The molecule has 0 bridgehead atoms. The van der Waals surface area contributed by atoms with Gasteiger partial charge in [-0.25, -0.2) is 0 Å². The van der Waals surface area contributed by atoms with Gasteiger partial charge in [-0.2, -0.15) is 0 Å². The van der Waals surface area contributed by atoms with E-state index in [2.05, 4.69) is 0 Å². The lowest BCUT2D eigenvalue weighted by atomic mass is 9.95. The third kappa shape index (κ3) is 7.37. The molecular weight excluding hydrogens is 568 g/mol. The van der Waals surface area contributed by atoms with Crippen LogP contribution in [0.15, 0.2) is 0 Å². The number of methoxy groups -OCH3 is 1. The van der Waals surface area contributed by atoms with Crippen LogP contribution in [0.5, 0.6) is 0 Å². The average Bonchev–Trinajstić information content (AvgIpc) is 3.22. The normalized spacial score (nSPS) is 40.7. The van der Waals surface area contributed by atoms with Gasteiger partial charge in [0.2, 0.25) is 0 Å². The molecule has 4 fully saturated rings. The van der Waals surface area contributed by atoms with Crippen molar-refractivity contribution in [2.75, 3.05) is 20.3 Å². The van der Waals surface area contributed by atoms with E-state index in [-0.39, 0.29) is 13.2 Å². The van der Waals surface area contributed by atoms with E-state index in [1.165, 1.54) is 34.8 Å². The van der Waals surface area contributed by atoms with Crippen LogP contribution in [0.2, 0.25) is 0 Å². The van der Waals surface area contributed by atoms with Crippen LogP contribution in [-0.4, -0.2) is 117 Å². The molecule has 0 N–H and O–H groups in total.